The minimum atomic E-state index is 0.631. The third-order valence-corrected chi connectivity index (χ3v) is 3.24. The fourth-order valence-corrected chi connectivity index (χ4v) is 2.10. The van der Waals surface area contributed by atoms with E-state index in [-0.39, 0.29) is 0 Å². The van der Waals surface area contributed by atoms with E-state index in [9.17, 15) is 0 Å². The molecule has 1 aromatic heterocycles. The van der Waals surface area contributed by atoms with E-state index in [0.29, 0.717) is 18.7 Å². The summed E-state index contributed by atoms with van der Waals surface area (Å²) in [5, 5.41) is 12.7. The molecule has 0 fully saturated rings. The number of hydrogen-bond donors (Lipinski definition) is 1. The Kier molecular flexibility index (Phi) is 4.84. The number of anilines is 1. The van der Waals surface area contributed by atoms with Crippen molar-refractivity contribution in [1.29, 1.82) is 5.26 Å². The summed E-state index contributed by atoms with van der Waals surface area (Å²) in [7, 11) is 1.66. The zero-order valence-corrected chi connectivity index (χ0v) is 11.4. The zero-order chi connectivity index (χ0) is 13.5. The average Bonchev–Trinajstić information content (AvgIpc) is 2.91. The zero-order valence-electron chi connectivity index (χ0n) is 10.6. The molecule has 98 valence electrons. The highest BCUT2D eigenvalue weighted by Crippen LogP contribution is 2.13. The van der Waals surface area contributed by atoms with E-state index in [1.165, 1.54) is 11.5 Å². The van der Waals surface area contributed by atoms with Gasteiger partial charge in [0.1, 0.15) is 5.82 Å². The van der Waals surface area contributed by atoms with Gasteiger partial charge >= 0.3 is 0 Å². The van der Waals surface area contributed by atoms with Gasteiger partial charge in [0.05, 0.1) is 18.2 Å². The van der Waals surface area contributed by atoms with Crippen molar-refractivity contribution < 1.29 is 4.74 Å². The molecule has 0 spiro atoms. The number of rotatable bonds is 6. The molecule has 0 unspecified atom stereocenters. The predicted octanol–water partition coefficient (Wildman–Crippen LogP) is 2.21. The molecule has 0 saturated heterocycles. The van der Waals surface area contributed by atoms with Gasteiger partial charge < -0.3 is 10.1 Å². The normalized spacial score (nSPS) is 10.1. The van der Waals surface area contributed by atoms with Gasteiger partial charge in [0.2, 0.25) is 5.13 Å². The first-order chi connectivity index (χ1) is 9.31. The summed E-state index contributed by atoms with van der Waals surface area (Å²) in [6, 6.07) is 9.57. The summed E-state index contributed by atoms with van der Waals surface area (Å²) in [6.07, 6.45) is 0.728. The maximum absolute atomic E-state index is 8.72. The summed E-state index contributed by atoms with van der Waals surface area (Å²) in [6.45, 7) is 1.30. The lowest BCUT2D eigenvalue weighted by Gasteiger charge is -2.02. The van der Waals surface area contributed by atoms with Crippen molar-refractivity contribution in [2.45, 2.75) is 13.0 Å². The van der Waals surface area contributed by atoms with Crippen LogP contribution in [0.4, 0.5) is 5.13 Å². The molecule has 6 heteroatoms. The van der Waals surface area contributed by atoms with Crippen molar-refractivity contribution in [3.05, 3.63) is 41.2 Å². The first kappa shape index (κ1) is 13.5. The quantitative estimate of drug-likeness (QED) is 0.874. The number of hydrogen-bond acceptors (Lipinski definition) is 6. The molecule has 1 aromatic carbocycles. The molecule has 2 rings (SSSR count). The maximum atomic E-state index is 8.72. The second-order valence-corrected chi connectivity index (χ2v) is 4.67. The molecule has 0 radical (unpaired) electrons. The SMILES string of the molecule is COCCc1nsc(NCc2ccc(C#N)cc2)n1. The molecular formula is C13H14N4OS. The number of nitrogens with zero attached hydrogens (tertiary/aromatic N) is 3. The van der Waals surface area contributed by atoms with Crippen LogP contribution in [0, 0.1) is 11.3 Å². The summed E-state index contributed by atoms with van der Waals surface area (Å²) >= 11 is 1.35. The van der Waals surface area contributed by atoms with Gasteiger partial charge in [-0.15, -0.1) is 0 Å². The fraction of sp³-hybridized carbons (Fsp3) is 0.308. The van der Waals surface area contributed by atoms with E-state index in [2.05, 4.69) is 20.7 Å². The summed E-state index contributed by atoms with van der Waals surface area (Å²) in [5.74, 6) is 0.800. The Hall–Kier alpha value is -1.97. The van der Waals surface area contributed by atoms with Crippen molar-refractivity contribution in [2.24, 2.45) is 0 Å². The first-order valence-corrected chi connectivity index (χ1v) is 6.63. The Bertz CT molecular complexity index is 559. The fourth-order valence-electron chi connectivity index (χ4n) is 1.50. The standard InChI is InChI=1S/C13H14N4OS/c1-18-7-6-12-16-13(19-17-12)15-9-11-4-2-10(8-14)3-5-11/h2-5H,6-7,9H2,1H3,(H,15,16,17). The van der Waals surface area contributed by atoms with Crippen LogP contribution in [0.2, 0.25) is 0 Å². The molecule has 1 N–H and O–H groups in total. The van der Waals surface area contributed by atoms with Gasteiger partial charge in [0.25, 0.3) is 0 Å². The van der Waals surface area contributed by atoms with E-state index in [4.69, 9.17) is 10.00 Å². The van der Waals surface area contributed by atoms with Crippen LogP contribution in [0.25, 0.3) is 0 Å². The third-order valence-electron chi connectivity index (χ3n) is 2.52. The lowest BCUT2D eigenvalue weighted by Crippen LogP contribution is -2.00. The summed E-state index contributed by atoms with van der Waals surface area (Å²) in [5.41, 5.74) is 1.77. The van der Waals surface area contributed by atoms with Crippen LogP contribution in [0.5, 0.6) is 0 Å². The molecule has 0 aliphatic carbocycles. The monoisotopic (exact) mass is 274 g/mol. The van der Waals surface area contributed by atoms with Gasteiger partial charge in [0, 0.05) is 31.6 Å². The number of ether oxygens (including phenoxy) is 1. The minimum absolute atomic E-state index is 0.631. The smallest absolute Gasteiger partial charge is 0.202 e. The van der Waals surface area contributed by atoms with Crippen LogP contribution in [0.3, 0.4) is 0 Å². The van der Waals surface area contributed by atoms with Crippen molar-refractivity contribution in [3.8, 4) is 6.07 Å². The number of methoxy groups -OCH3 is 1. The topological polar surface area (TPSA) is 70.8 Å². The molecule has 0 aliphatic heterocycles. The van der Waals surface area contributed by atoms with Crippen molar-refractivity contribution >= 4 is 16.7 Å². The van der Waals surface area contributed by atoms with E-state index in [0.717, 1.165) is 22.9 Å². The molecule has 0 bridgehead atoms. The third kappa shape index (κ3) is 4.02. The van der Waals surface area contributed by atoms with Crippen LogP contribution in [-0.4, -0.2) is 23.1 Å². The Morgan fingerprint density at radius 3 is 2.84 bits per heavy atom. The summed E-state index contributed by atoms with van der Waals surface area (Å²) in [4.78, 5) is 4.36. The maximum Gasteiger partial charge on any atom is 0.202 e. The van der Waals surface area contributed by atoms with Gasteiger partial charge in [-0.2, -0.15) is 9.64 Å². The van der Waals surface area contributed by atoms with Crippen molar-refractivity contribution in [1.82, 2.24) is 9.36 Å². The minimum Gasteiger partial charge on any atom is -0.384 e. The number of nitriles is 1. The van der Waals surface area contributed by atoms with Crippen molar-refractivity contribution in [2.75, 3.05) is 19.0 Å². The molecule has 1 heterocycles. The molecule has 19 heavy (non-hydrogen) atoms. The molecule has 5 nitrogen and oxygen atoms in total. The number of nitrogens with one attached hydrogen (secondary N) is 1. The van der Waals surface area contributed by atoms with Crippen LogP contribution in [0.15, 0.2) is 24.3 Å². The molecule has 0 aliphatic rings. The molecular weight excluding hydrogens is 260 g/mol. The van der Waals surface area contributed by atoms with Crippen LogP contribution >= 0.6 is 11.5 Å². The Labute approximate surface area is 116 Å². The second-order valence-electron chi connectivity index (χ2n) is 3.92. The average molecular weight is 274 g/mol. The van der Waals surface area contributed by atoms with Gasteiger partial charge in [0.15, 0.2) is 0 Å². The highest BCUT2D eigenvalue weighted by atomic mass is 32.1. The van der Waals surface area contributed by atoms with Gasteiger partial charge in [-0.25, -0.2) is 4.98 Å². The van der Waals surface area contributed by atoms with Gasteiger partial charge in [-0.05, 0) is 17.7 Å². The van der Waals surface area contributed by atoms with Gasteiger partial charge in [-0.1, -0.05) is 12.1 Å². The Morgan fingerprint density at radius 2 is 2.16 bits per heavy atom. The molecule has 0 saturated carbocycles. The summed E-state index contributed by atoms with van der Waals surface area (Å²) < 4.78 is 9.22. The molecule has 0 amide bonds. The first-order valence-electron chi connectivity index (χ1n) is 5.86. The van der Waals surface area contributed by atoms with Crippen molar-refractivity contribution in [3.63, 3.8) is 0 Å². The van der Waals surface area contributed by atoms with Crippen LogP contribution in [0.1, 0.15) is 17.0 Å². The lowest BCUT2D eigenvalue weighted by atomic mass is 10.1. The largest absolute Gasteiger partial charge is 0.384 e. The molecule has 0 atom stereocenters. The van der Waals surface area contributed by atoms with E-state index in [1.54, 1.807) is 19.2 Å². The van der Waals surface area contributed by atoms with E-state index in [1.807, 2.05) is 12.1 Å². The number of aromatic nitrogens is 2. The Morgan fingerprint density at radius 1 is 1.37 bits per heavy atom. The number of benzene rings is 1. The van der Waals surface area contributed by atoms with Crippen LogP contribution in [-0.2, 0) is 17.7 Å². The Balaban J connectivity index is 1.87. The second kappa shape index (κ2) is 6.83. The van der Waals surface area contributed by atoms with E-state index < -0.39 is 0 Å². The van der Waals surface area contributed by atoms with Gasteiger partial charge in [-0.3, -0.25) is 0 Å². The molecule has 2 aromatic rings. The van der Waals surface area contributed by atoms with Crippen LogP contribution < -0.4 is 5.32 Å². The highest BCUT2D eigenvalue weighted by molar-refractivity contribution is 7.09. The predicted molar refractivity (Wildman–Crippen MR) is 74.0 cm³/mol. The highest BCUT2D eigenvalue weighted by Gasteiger charge is 2.03. The lowest BCUT2D eigenvalue weighted by molar-refractivity contribution is 0.201. The van der Waals surface area contributed by atoms with E-state index >= 15 is 0 Å².